The van der Waals surface area contributed by atoms with Crippen molar-refractivity contribution in [2.45, 2.75) is 185 Å². The van der Waals surface area contributed by atoms with E-state index in [1.165, 1.54) is 14.0 Å². The summed E-state index contributed by atoms with van der Waals surface area (Å²) in [6.07, 6.45) is -50.9. The van der Waals surface area contributed by atoms with Crippen LogP contribution in [0.5, 0.6) is 0 Å². The first-order valence-electron chi connectivity index (χ1n) is 20.8. The van der Waals surface area contributed by atoms with Gasteiger partial charge in [0.25, 0.3) is 0 Å². The smallest absolute Gasteiger partial charge is 0.189 e. The quantitative estimate of drug-likeness (QED) is 0.0724. The number of hydrogen-bond donors (Lipinski definition) is 17. The molecule has 29 nitrogen and oxygen atoms in total. The van der Waals surface area contributed by atoms with Crippen molar-refractivity contribution in [3.8, 4) is 0 Å². The van der Waals surface area contributed by atoms with Crippen LogP contribution in [0, 0.1) is 0 Å². The Kier molecular flexibility index (Phi) is 18.6. The molecule has 6 saturated heterocycles. The van der Waals surface area contributed by atoms with Gasteiger partial charge in [0.05, 0.1) is 39.1 Å². The van der Waals surface area contributed by atoms with Gasteiger partial charge >= 0.3 is 0 Å². The summed E-state index contributed by atoms with van der Waals surface area (Å²) in [5.41, 5.74) is 0. The first kappa shape index (κ1) is 53.2. The normalized spacial score (nSPS) is 53.5. The second-order valence-corrected chi connectivity index (χ2v) is 16.5. The molecule has 6 rings (SSSR count). The van der Waals surface area contributed by atoms with Gasteiger partial charge in [0.15, 0.2) is 37.7 Å². The van der Waals surface area contributed by atoms with Crippen LogP contribution in [-0.2, 0) is 56.8 Å². The lowest BCUT2D eigenvalue weighted by molar-refractivity contribution is -0.401. The van der Waals surface area contributed by atoms with Crippen LogP contribution in [0.3, 0.4) is 0 Å². The highest BCUT2D eigenvalue weighted by atomic mass is 16.8. The van der Waals surface area contributed by atoms with E-state index in [1.807, 2.05) is 0 Å². The van der Waals surface area contributed by atoms with Crippen LogP contribution >= 0.6 is 0 Å². The zero-order valence-corrected chi connectivity index (χ0v) is 34.8. The molecule has 6 aliphatic heterocycles. The fourth-order valence-electron chi connectivity index (χ4n) is 8.38. The Morgan fingerprint density at radius 2 is 0.738 bits per heavy atom. The van der Waals surface area contributed by atoms with Gasteiger partial charge in [0.2, 0.25) is 0 Å². The summed E-state index contributed by atoms with van der Waals surface area (Å²) in [5, 5.41) is 179. The Hall–Kier alpha value is -1.16. The molecule has 0 aromatic carbocycles. The third-order valence-electron chi connectivity index (χ3n) is 12.2. The summed E-state index contributed by atoms with van der Waals surface area (Å²) in [5.74, 6) is 0. The van der Waals surface area contributed by atoms with E-state index in [0.29, 0.717) is 0 Å². The highest BCUT2D eigenvalue weighted by molar-refractivity contribution is 4.99. The molecule has 29 heteroatoms. The minimum Gasteiger partial charge on any atom is -0.394 e. The van der Waals surface area contributed by atoms with Gasteiger partial charge in [-0.1, -0.05) is 0 Å². The second-order valence-electron chi connectivity index (χ2n) is 16.5. The molecule has 0 radical (unpaired) electrons. The molecule has 0 unspecified atom stereocenters. The number of ether oxygens (including phenoxy) is 12. The fourth-order valence-corrected chi connectivity index (χ4v) is 8.38. The lowest BCUT2D eigenvalue weighted by Gasteiger charge is -2.50. The van der Waals surface area contributed by atoms with Crippen molar-refractivity contribution in [2.75, 3.05) is 40.1 Å². The number of aliphatic hydroxyl groups is 17. The molecule has 29 atom stereocenters. The zero-order chi connectivity index (χ0) is 47.8. The van der Waals surface area contributed by atoms with Gasteiger partial charge in [-0.3, -0.25) is 0 Å². The average molecular weight is 959 g/mol. The molecule has 65 heavy (non-hydrogen) atoms. The number of aliphatic hydroxyl groups excluding tert-OH is 17. The molecule has 6 heterocycles. The molecule has 0 saturated carbocycles. The molecule has 0 aromatic rings. The maximum absolute atomic E-state index is 11.5. The van der Waals surface area contributed by atoms with E-state index in [2.05, 4.69) is 0 Å². The Bertz CT molecular complexity index is 1450. The van der Waals surface area contributed by atoms with E-state index in [0.717, 1.165) is 0 Å². The molecular weight excluding hydrogens is 896 g/mol. The van der Waals surface area contributed by atoms with Gasteiger partial charge in [-0.2, -0.15) is 0 Å². The van der Waals surface area contributed by atoms with Crippen LogP contribution in [0.2, 0.25) is 0 Å². The number of hydrogen-bond acceptors (Lipinski definition) is 29. The Labute approximate surface area is 368 Å². The average Bonchev–Trinajstić information content (AvgIpc) is 3.29. The van der Waals surface area contributed by atoms with Crippen LogP contribution in [0.25, 0.3) is 0 Å². The van der Waals surface area contributed by atoms with Gasteiger partial charge in [-0.05, 0) is 6.92 Å². The minimum atomic E-state index is -2.14. The van der Waals surface area contributed by atoms with Crippen LogP contribution in [0.4, 0.5) is 0 Å². The van der Waals surface area contributed by atoms with Gasteiger partial charge < -0.3 is 144 Å². The minimum absolute atomic E-state index is 0.398. The van der Waals surface area contributed by atoms with E-state index in [9.17, 15) is 86.8 Å². The Morgan fingerprint density at radius 3 is 1.23 bits per heavy atom. The summed E-state index contributed by atoms with van der Waals surface area (Å²) in [4.78, 5) is 0. The largest absolute Gasteiger partial charge is 0.394 e. The predicted octanol–water partition coefficient (Wildman–Crippen LogP) is -11.8. The lowest BCUT2D eigenvalue weighted by Crippen LogP contribution is -2.68. The molecule has 0 aliphatic carbocycles. The van der Waals surface area contributed by atoms with Crippen LogP contribution in [-0.4, -0.2) is 305 Å². The highest BCUT2D eigenvalue weighted by Gasteiger charge is 2.57. The predicted molar refractivity (Wildman–Crippen MR) is 197 cm³/mol. The fraction of sp³-hybridized carbons (Fsp3) is 1.00. The number of rotatable bonds is 15. The molecule has 17 N–H and O–H groups in total. The third kappa shape index (κ3) is 10.9. The van der Waals surface area contributed by atoms with E-state index >= 15 is 0 Å². The molecule has 6 aliphatic rings. The van der Waals surface area contributed by atoms with Crippen LogP contribution < -0.4 is 0 Å². The van der Waals surface area contributed by atoms with E-state index < -0.39 is 211 Å². The van der Waals surface area contributed by atoms with Crippen molar-refractivity contribution < 1.29 is 144 Å². The summed E-state index contributed by atoms with van der Waals surface area (Å²) < 4.78 is 67.1. The first-order valence-corrected chi connectivity index (χ1v) is 20.8. The molecule has 0 spiro atoms. The summed E-state index contributed by atoms with van der Waals surface area (Å²) in [6, 6.07) is 0. The van der Waals surface area contributed by atoms with Crippen LogP contribution in [0.1, 0.15) is 6.92 Å². The molecule has 0 aromatic heterocycles. The standard InChI is InChI=1S/C36H62O29/c1-8-26(61-31-20(48)14(42)9(41)7-55-31)30(54-2)25(53)34(56-8)63-28-16(44)12(5-39)59-36(24(28)52)64-29-17(45)11(4-38)58-35(23(29)51)62-27-13(6-40)60-33(22(50)19(27)47)65-32-21(49)18(46)15(43)10(3-37)57-32/h8-53H,3-7H2,1-2H3/t8-,9-,10+,11+,12+,13+,14+,15+,16-,17+,18-,19+,20-,21+,22+,23+,24+,25+,26-,27+,28-,29-,30-,31+,32+,33+,34-,35-,36-/m0/s1. The van der Waals surface area contributed by atoms with E-state index in [4.69, 9.17) is 56.8 Å². The Morgan fingerprint density at radius 1 is 0.354 bits per heavy atom. The lowest BCUT2D eigenvalue weighted by atomic mass is 9.95. The van der Waals surface area contributed by atoms with Crippen molar-refractivity contribution in [1.82, 2.24) is 0 Å². The highest BCUT2D eigenvalue weighted by Crippen LogP contribution is 2.36. The summed E-state index contributed by atoms with van der Waals surface area (Å²) in [7, 11) is 1.19. The van der Waals surface area contributed by atoms with Crippen molar-refractivity contribution in [3.05, 3.63) is 0 Å². The third-order valence-corrected chi connectivity index (χ3v) is 12.2. The molecule has 0 amide bonds. The number of methoxy groups -OCH3 is 1. The van der Waals surface area contributed by atoms with E-state index in [1.54, 1.807) is 0 Å². The molecular formula is C36H62O29. The second kappa shape index (κ2) is 22.7. The SMILES string of the molecule is CO[C@H]1[C@@H](O)[C@H](O[C@H]2[C@@H](O)[C@@H](CO)O[C@@H](O[C@@H]3[C@@H](O)[C@H](O[C@H]4[C@H](O)[C@@H](O)[C@@H](O[C@H]5O[C@H](CO)[C@@H](O)[C@H](O)[C@H]5O)O[C@@H]4CO)O[C@H](CO)[C@H]3O)[C@@H]2O)O[C@@H](C)[C@@H]1O[C@H]1OC[C@H](O)[C@@H](O)[C@@H]1O. The van der Waals surface area contributed by atoms with Crippen molar-refractivity contribution in [1.29, 1.82) is 0 Å². The molecule has 380 valence electrons. The van der Waals surface area contributed by atoms with Gasteiger partial charge in [0, 0.05) is 7.11 Å². The van der Waals surface area contributed by atoms with Gasteiger partial charge in [-0.25, -0.2) is 0 Å². The maximum atomic E-state index is 11.5. The van der Waals surface area contributed by atoms with Crippen molar-refractivity contribution in [3.63, 3.8) is 0 Å². The van der Waals surface area contributed by atoms with Crippen molar-refractivity contribution >= 4 is 0 Å². The Balaban J connectivity index is 1.13. The van der Waals surface area contributed by atoms with Gasteiger partial charge in [-0.15, -0.1) is 0 Å². The zero-order valence-electron chi connectivity index (χ0n) is 34.8. The molecule has 6 fully saturated rings. The summed E-state index contributed by atoms with van der Waals surface area (Å²) >= 11 is 0. The van der Waals surface area contributed by atoms with E-state index in [-0.39, 0.29) is 0 Å². The van der Waals surface area contributed by atoms with Gasteiger partial charge in [0.1, 0.15) is 134 Å². The monoisotopic (exact) mass is 958 g/mol. The maximum Gasteiger partial charge on any atom is 0.189 e. The van der Waals surface area contributed by atoms with Crippen LogP contribution in [0.15, 0.2) is 0 Å². The first-order chi connectivity index (χ1) is 30.8. The summed E-state index contributed by atoms with van der Waals surface area (Å²) in [6.45, 7) is -2.65. The van der Waals surface area contributed by atoms with Crippen molar-refractivity contribution in [2.24, 2.45) is 0 Å². The molecule has 0 bridgehead atoms. The topological polar surface area (TPSA) is 455 Å².